The Morgan fingerprint density at radius 2 is 1.90 bits per heavy atom. The summed E-state index contributed by atoms with van der Waals surface area (Å²) in [4.78, 5) is 11.8. The van der Waals surface area contributed by atoms with E-state index in [1.807, 2.05) is 13.1 Å². The van der Waals surface area contributed by atoms with Gasteiger partial charge in [-0.3, -0.25) is 0 Å². The average Bonchev–Trinajstić information content (AvgIpc) is 3.35. The number of anilines is 3. The van der Waals surface area contributed by atoms with Gasteiger partial charge in [-0.1, -0.05) is 18.2 Å². The number of rotatable bonds is 5. The van der Waals surface area contributed by atoms with Gasteiger partial charge in [0.25, 0.3) is 0 Å². The summed E-state index contributed by atoms with van der Waals surface area (Å²) in [7, 11) is 1.93. The van der Waals surface area contributed by atoms with Crippen molar-refractivity contribution in [1.29, 1.82) is 0 Å². The number of nitrogens with zero attached hydrogens (tertiary/aromatic N) is 3. The van der Waals surface area contributed by atoms with Gasteiger partial charge in [0, 0.05) is 30.8 Å². The van der Waals surface area contributed by atoms with Crippen molar-refractivity contribution in [2.45, 2.75) is 32.6 Å². The number of benzene rings is 1. The van der Waals surface area contributed by atoms with Crippen LogP contribution in [0.1, 0.15) is 37.1 Å². The molecule has 0 aliphatic heterocycles. The maximum Gasteiger partial charge on any atom is 0.141 e. The first-order chi connectivity index (χ1) is 10.2. The molecular weight excluding hydrogens is 260 g/mol. The first-order valence-electron chi connectivity index (χ1n) is 7.63. The van der Waals surface area contributed by atoms with Crippen LogP contribution in [0, 0.1) is 6.92 Å². The molecule has 21 heavy (non-hydrogen) atoms. The van der Waals surface area contributed by atoms with Crippen molar-refractivity contribution in [2.75, 3.05) is 23.8 Å². The second-order valence-electron chi connectivity index (χ2n) is 5.48. The third-order valence-corrected chi connectivity index (χ3v) is 3.96. The molecule has 2 aromatic rings. The van der Waals surface area contributed by atoms with E-state index < -0.39 is 0 Å². The van der Waals surface area contributed by atoms with Crippen LogP contribution >= 0.6 is 0 Å². The van der Waals surface area contributed by atoms with Crippen LogP contribution in [0.3, 0.4) is 0 Å². The summed E-state index contributed by atoms with van der Waals surface area (Å²) in [6.45, 7) is 5.13. The fourth-order valence-corrected chi connectivity index (χ4v) is 2.61. The number of aromatic nitrogens is 2. The minimum absolute atomic E-state index is 0.547. The molecule has 0 bridgehead atoms. The van der Waals surface area contributed by atoms with Crippen molar-refractivity contribution in [1.82, 2.24) is 9.97 Å². The highest BCUT2D eigenvalue weighted by atomic mass is 15.2. The fourth-order valence-electron chi connectivity index (χ4n) is 2.61. The highest BCUT2D eigenvalue weighted by Gasteiger charge is 2.29. The molecule has 1 saturated carbocycles. The molecule has 4 nitrogen and oxygen atoms in total. The van der Waals surface area contributed by atoms with E-state index in [-0.39, 0.29) is 0 Å². The predicted molar refractivity (Wildman–Crippen MR) is 87.4 cm³/mol. The normalized spacial score (nSPS) is 14.0. The van der Waals surface area contributed by atoms with Gasteiger partial charge in [0.15, 0.2) is 0 Å². The largest absolute Gasteiger partial charge is 0.373 e. The Balaban J connectivity index is 2.08. The van der Waals surface area contributed by atoms with Crippen molar-refractivity contribution in [3.8, 4) is 0 Å². The Morgan fingerprint density at radius 3 is 2.48 bits per heavy atom. The monoisotopic (exact) mass is 282 g/mol. The zero-order valence-corrected chi connectivity index (χ0v) is 12.9. The molecule has 3 rings (SSSR count). The van der Waals surface area contributed by atoms with Gasteiger partial charge in [-0.25, -0.2) is 9.97 Å². The first kappa shape index (κ1) is 13.9. The highest BCUT2D eigenvalue weighted by Crippen LogP contribution is 2.40. The van der Waals surface area contributed by atoms with Crippen LogP contribution in [0.15, 0.2) is 30.3 Å². The van der Waals surface area contributed by atoms with E-state index in [1.165, 1.54) is 18.5 Å². The predicted octanol–water partition coefficient (Wildman–Crippen LogP) is 3.86. The van der Waals surface area contributed by atoms with Gasteiger partial charge in [-0.15, -0.1) is 0 Å². The Labute approximate surface area is 126 Å². The number of hydrogen-bond donors (Lipinski definition) is 1. The first-order valence-corrected chi connectivity index (χ1v) is 7.63. The van der Waals surface area contributed by atoms with Gasteiger partial charge in [0.1, 0.15) is 17.5 Å². The van der Waals surface area contributed by atoms with Gasteiger partial charge in [-0.05, 0) is 38.8 Å². The van der Waals surface area contributed by atoms with Crippen LogP contribution in [-0.2, 0) is 0 Å². The molecule has 0 unspecified atom stereocenters. The number of nitrogens with one attached hydrogen (secondary N) is 1. The van der Waals surface area contributed by atoms with Crippen molar-refractivity contribution in [2.24, 2.45) is 0 Å². The van der Waals surface area contributed by atoms with Crippen molar-refractivity contribution < 1.29 is 0 Å². The smallest absolute Gasteiger partial charge is 0.141 e. The van der Waals surface area contributed by atoms with Crippen molar-refractivity contribution >= 4 is 17.3 Å². The lowest BCUT2D eigenvalue weighted by Crippen LogP contribution is -2.20. The number of hydrogen-bond acceptors (Lipinski definition) is 4. The maximum absolute atomic E-state index is 4.87. The second kappa shape index (κ2) is 5.72. The SMILES string of the molecule is CCN(c1ccccc1)c1nc(C2CC2)nc(NC)c1C. The molecule has 0 atom stereocenters. The van der Waals surface area contributed by atoms with E-state index >= 15 is 0 Å². The molecule has 1 aromatic carbocycles. The molecule has 0 amide bonds. The standard InChI is InChI=1S/C17H22N4/c1-4-21(14-8-6-5-7-9-14)17-12(2)15(18-3)19-16(20-17)13-10-11-13/h5-9,13H,4,10-11H2,1-3H3,(H,18,19,20). The summed E-state index contributed by atoms with van der Waals surface area (Å²) in [6.07, 6.45) is 2.42. The molecule has 1 N–H and O–H groups in total. The van der Waals surface area contributed by atoms with Gasteiger partial charge >= 0.3 is 0 Å². The van der Waals surface area contributed by atoms with Crippen LogP contribution in [0.25, 0.3) is 0 Å². The zero-order chi connectivity index (χ0) is 14.8. The quantitative estimate of drug-likeness (QED) is 0.904. The van der Waals surface area contributed by atoms with E-state index in [0.29, 0.717) is 5.92 Å². The Kier molecular flexibility index (Phi) is 3.78. The topological polar surface area (TPSA) is 41.1 Å². The van der Waals surface area contributed by atoms with Crippen LogP contribution < -0.4 is 10.2 Å². The zero-order valence-electron chi connectivity index (χ0n) is 12.9. The molecule has 0 spiro atoms. The van der Waals surface area contributed by atoms with E-state index in [0.717, 1.165) is 29.6 Å². The summed E-state index contributed by atoms with van der Waals surface area (Å²) in [5.74, 6) is 3.49. The molecule has 110 valence electrons. The number of para-hydroxylation sites is 1. The van der Waals surface area contributed by atoms with Gasteiger partial charge in [0.05, 0.1) is 0 Å². The summed E-state index contributed by atoms with van der Waals surface area (Å²) < 4.78 is 0. The molecular formula is C17H22N4. The molecule has 0 saturated heterocycles. The summed E-state index contributed by atoms with van der Waals surface area (Å²) >= 11 is 0. The van der Waals surface area contributed by atoms with Crippen LogP contribution in [0.2, 0.25) is 0 Å². The minimum Gasteiger partial charge on any atom is -0.373 e. The van der Waals surface area contributed by atoms with Gasteiger partial charge in [-0.2, -0.15) is 0 Å². The Morgan fingerprint density at radius 1 is 1.19 bits per heavy atom. The Hall–Kier alpha value is -2.10. The molecule has 1 fully saturated rings. The lowest BCUT2D eigenvalue weighted by atomic mass is 10.2. The summed E-state index contributed by atoms with van der Waals surface area (Å²) in [6, 6.07) is 10.4. The van der Waals surface area contributed by atoms with E-state index in [4.69, 9.17) is 4.98 Å². The lowest BCUT2D eigenvalue weighted by Gasteiger charge is -2.25. The molecule has 1 aromatic heterocycles. The molecule has 1 heterocycles. The van der Waals surface area contributed by atoms with Crippen molar-refractivity contribution in [3.63, 3.8) is 0 Å². The van der Waals surface area contributed by atoms with E-state index in [1.54, 1.807) is 0 Å². The van der Waals surface area contributed by atoms with Crippen molar-refractivity contribution in [3.05, 3.63) is 41.7 Å². The molecule has 1 aliphatic rings. The highest BCUT2D eigenvalue weighted by molar-refractivity contribution is 5.67. The van der Waals surface area contributed by atoms with Gasteiger partial charge in [0.2, 0.25) is 0 Å². The van der Waals surface area contributed by atoms with E-state index in [9.17, 15) is 0 Å². The third kappa shape index (κ3) is 2.71. The summed E-state index contributed by atoms with van der Waals surface area (Å²) in [5, 5.41) is 3.21. The van der Waals surface area contributed by atoms with Crippen LogP contribution in [0.4, 0.5) is 17.3 Å². The van der Waals surface area contributed by atoms with Gasteiger partial charge < -0.3 is 10.2 Å². The van der Waals surface area contributed by atoms with Crippen LogP contribution in [-0.4, -0.2) is 23.6 Å². The molecule has 4 heteroatoms. The van der Waals surface area contributed by atoms with Crippen LogP contribution in [0.5, 0.6) is 0 Å². The maximum atomic E-state index is 4.87. The lowest BCUT2D eigenvalue weighted by molar-refractivity contribution is 0.885. The molecule has 0 radical (unpaired) electrons. The minimum atomic E-state index is 0.547. The summed E-state index contributed by atoms with van der Waals surface area (Å²) in [5.41, 5.74) is 2.28. The fraction of sp³-hybridized carbons (Fsp3) is 0.412. The second-order valence-corrected chi connectivity index (χ2v) is 5.48. The molecule has 1 aliphatic carbocycles. The average molecular weight is 282 g/mol. The van der Waals surface area contributed by atoms with E-state index in [2.05, 4.69) is 53.3 Å². The Bertz CT molecular complexity index is 620. The third-order valence-electron chi connectivity index (χ3n) is 3.96.